The van der Waals surface area contributed by atoms with Gasteiger partial charge in [0.2, 0.25) is 0 Å². The number of carbonyl (C=O) groups excluding carboxylic acids is 1. The Hall–Kier alpha value is -2.81. The summed E-state index contributed by atoms with van der Waals surface area (Å²) < 4.78 is 8.44. The highest BCUT2D eigenvalue weighted by Gasteiger charge is 2.24. The van der Waals surface area contributed by atoms with Gasteiger partial charge >= 0.3 is 0 Å². The van der Waals surface area contributed by atoms with Crippen molar-refractivity contribution in [1.82, 2.24) is 23.8 Å². The van der Waals surface area contributed by atoms with Gasteiger partial charge in [0.25, 0.3) is 5.91 Å². The Morgan fingerprint density at radius 1 is 0.733 bits per heavy atom. The molecule has 156 valence electrons. The Bertz CT molecular complexity index is 1010. The van der Waals surface area contributed by atoms with Crippen molar-refractivity contribution in [1.29, 1.82) is 0 Å². The van der Waals surface area contributed by atoms with Crippen molar-refractivity contribution in [2.45, 2.75) is 25.7 Å². The Morgan fingerprint density at radius 2 is 1.37 bits per heavy atom. The molecule has 2 saturated heterocycles. The van der Waals surface area contributed by atoms with E-state index < -0.39 is 0 Å². The zero-order chi connectivity index (χ0) is 20.3. The van der Waals surface area contributed by atoms with E-state index in [1.807, 2.05) is 23.1 Å². The van der Waals surface area contributed by atoms with Gasteiger partial charge in [0.1, 0.15) is 11.0 Å². The Kier molecular flexibility index (Phi) is 5.44. The van der Waals surface area contributed by atoms with E-state index in [0.29, 0.717) is 18.7 Å². The third-order valence-electron chi connectivity index (χ3n) is 5.96. The minimum atomic E-state index is 0.0483. The van der Waals surface area contributed by atoms with Gasteiger partial charge in [-0.05, 0) is 43.2 Å². The van der Waals surface area contributed by atoms with Crippen LogP contribution in [0.4, 0.5) is 11.6 Å². The molecule has 30 heavy (non-hydrogen) atoms. The van der Waals surface area contributed by atoms with E-state index in [0.717, 1.165) is 48.8 Å². The van der Waals surface area contributed by atoms with Crippen molar-refractivity contribution >= 4 is 40.3 Å². The number of carbonyl (C=O) groups is 1. The van der Waals surface area contributed by atoms with Gasteiger partial charge in [0.05, 0.1) is 11.7 Å². The number of piperazine rings is 1. The van der Waals surface area contributed by atoms with Crippen LogP contribution in [-0.2, 0) is 0 Å². The van der Waals surface area contributed by atoms with Gasteiger partial charge in [0, 0.05) is 44.8 Å². The average Bonchev–Trinajstić information content (AvgIpc) is 3.11. The van der Waals surface area contributed by atoms with Crippen LogP contribution in [0.3, 0.4) is 0 Å². The highest BCUT2D eigenvalue weighted by Crippen LogP contribution is 2.21. The predicted octanol–water partition coefficient (Wildman–Crippen LogP) is 2.82. The number of nitrogens with zero attached hydrogens (tertiary/aromatic N) is 7. The molecule has 2 fully saturated rings. The lowest BCUT2D eigenvalue weighted by atomic mass is 10.1. The maximum Gasteiger partial charge on any atom is 0.254 e. The van der Waals surface area contributed by atoms with Gasteiger partial charge in [-0.2, -0.15) is 8.75 Å². The fraction of sp³-hybridized carbons (Fsp3) is 0.476. The third kappa shape index (κ3) is 3.94. The number of aromatic nitrogens is 4. The van der Waals surface area contributed by atoms with E-state index in [2.05, 4.69) is 40.9 Å². The van der Waals surface area contributed by atoms with E-state index in [1.165, 1.54) is 37.4 Å². The molecule has 9 heteroatoms. The highest BCUT2D eigenvalue weighted by atomic mass is 32.1. The maximum atomic E-state index is 12.9. The molecular formula is C21H25N7OS. The van der Waals surface area contributed by atoms with Crippen LogP contribution in [-0.4, -0.2) is 69.0 Å². The Morgan fingerprint density at radius 3 is 2.03 bits per heavy atom. The van der Waals surface area contributed by atoms with E-state index in [9.17, 15) is 4.79 Å². The normalized spacial score (nSPS) is 17.9. The van der Waals surface area contributed by atoms with Crippen LogP contribution in [0.5, 0.6) is 0 Å². The van der Waals surface area contributed by atoms with Crippen molar-refractivity contribution in [3.8, 4) is 0 Å². The molecule has 0 radical (unpaired) electrons. The van der Waals surface area contributed by atoms with Crippen molar-refractivity contribution in [2.75, 3.05) is 49.1 Å². The van der Waals surface area contributed by atoms with Crippen LogP contribution < -0.4 is 9.80 Å². The summed E-state index contributed by atoms with van der Waals surface area (Å²) in [5, 5.41) is 8.97. The Balaban J connectivity index is 1.20. The number of benzene rings is 1. The lowest BCUT2D eigenvalue weighted by Gasteiger charge is -2.35. The lowest BCUT2D eigenvalue weighted by molar-refractivity contribution is 0.0746. The lowest BCUT2D eigenvalue weighted by Crippen LogP contribution is -2.49. The summed E-state index contributed by atoms with van der Waals surface area (Å²) in [7, 11) is 0. The first-order chi connectivity index (χ1) is 14.8. The van der Waals surface area contributed by atoms with Crippen LogP contribution in [0.15, 0.2) is 30.3 Å². The summed E-state index contributed by atoms with van der Waals surface area (Å²) in [6.45, 7) is 4.98. The largest absolute Gasteiger partial charge is 0.355 e. The van der Waals surface area contributed by atoms with Crippen LogP contribution in [0.2, 0.25) is 0 Å². The van der Waals surface area contributed by atoms with Crippen LogP contribution in [0, 0.1) is 0 Å². The quantitative estimate of drug-likeness (QED) is 0.641. The van der Waals surface area contributed by atoms with Crippen molar-refractivity contribution in [3.05, 3.63) is 35.9 Å². The fourth-order valence-corrected chi connectivity index (χ4v) is 4.71. The summed E-state index contributed by atoms with van der Waals surface area (Å²) in [4.78, 5) is 19.3. The third-order valence-corrected chi connectivity index (χ3v) is 6.51. The molecule has 8 nitrogen and oxygen atoms in total. The molecule has 0 unspecified atom stereocenters. The average molecular weight is 424 g/mol. The molecular weight excluding hydrogens is 398 g/mol. The van der Waals surface area contributed by atoms with Gasteiger partial charge in [-0.25, -0.2) is 0 Å². The molecule has 1 amide bonds. The summed E-state index contributed by atoms with van der Waals surface area (Å²) in [5.74, 6) is 1.91. The number of rotatable bonds is 3. The molecule has 3 aromatic rings. The summed E-state index contributed by atoms with van der Waals surface area (Å²) in [6.07, 6.45) is 5.07. The van der Waals surface area contributed by atoms with Crippen LogP contribution in [0.25, 0.3) is 11.0 Å². The molecule has 0 bridgehead atoms. The summed E-state index contributed by atoms with van der Waals surface area (Å²) in [6, 6.07) is 9.69. The monoisotopic (exact) mass is 423 g/mol. The number of hydrogen-bond acceptors (Lipinski definition) is 8. The maximum absolute atomic E-state index is 12.9. The van der Waals surface area contributed by atoms with Crippen LogP contribution >= 0.6 is 11.7 Å². The number of hydrogen-bond donors (Lipinski definition) is 0. The van der Waals surface area contributed by atoms with Gasteiger partial charge in [-0.3, -0.25) is 4.79 Å². The number of fused-ring (bicyclic) bond motifs is 1. The molecule has 0 aliphatic carbocycles. The number of anilines is 2. The van der Waals surface area contributed by atoms with Crippen molar-refractivity contribution < 1.29 is 4.79 Å². The van der Waals surface area contributed by atoms with E-state index in [4.69, 9.17) is 0 Å². The minimum Gasteiger partial charge on any atom is -0.355 e. The van der Waals surface area contributed by atoms with Crippen molar-refractivity contribution in [3.63, 3.8) is 0 Å². The second-order valence-electron chi connectivity index (χ2n) is 7.90. The first-order valence-corrected chi connectivity index (χ1v) is 11.4. The topological polar surface area (TPSA) is 78.4 Å². The zero-order valence-corrected chi connectivity index (χ0v) is 17.7. The second-order valence-corrected chi connectivity index (χ2v) is 8.43. The molecule has 2 aromatic heterocycles. The molecule has 0 atom stereocenters. The smallest absolute Gasteiger partial charge is 0.254 e. The second kappa shape index (κ2) is 8.51. The number of amides is 1. The van der Waals surface area contributed by atoms with Gasteiger partial charge < -0.3 is 14.7 Å². The van der Waals surface area contributed by atoms with E-state index in [1.54, 1.807) is 0 Å². The highest BCUT2D eigenvalue weighted by molar-refractivity contribution is 7.00. The van der Waals surface area contributed by atoms with Gasteiger partial charge in [0.15, 0.2) is 11.6 Å². The van der Waals surface area contributed by atoms with Gasteiger partial charge in [-0.1, -0.05) is 12.8 Å². The fourth-order valence-electron chi connectivity index (χ4n) is 4.19. The minimum absolute atomic E-state index is 0.0483. The first kappa shape index (κ1) is 19.2. The molecule has 0 spiro atoms. The van der Waals surface area contributed by atoms with Crippen LogP contribution in [0.1, 0.15) is 36.0 Å². The Labute approximate surface area is 179 Å². The molecule has 0 saturated carbocycles. The van der Waals surface area contributed by atoms with E-state index in [-0.39, 0.29) is 5.91 Å². The van der Waals surface area contributed by atoms with Crippen molar-refractivity contribution in [2.24, 2.45) is 0 Å². The van der Waals surface area contributed by atoms with Gasteiger partial charge in [-0.15, -0.1) is 10.2 Å². The summed E-state index contributed by atoms with van der Waals surface area (Å²) >= 11 is 1.17. The molecule has 5 rings (SSSR count). The first-order valence-electron chi connectivity index (χ1n) is 10.6. The molecule has 2 aliphatic heterocycles. The standard InChI is InChI=1S/C21H25N7OS/c29-21(16-5-6-17-18(15-16)25-30-24-17)28-13-11-27(12-14-28)20-8-7-19(22-23-20)26-9-3-1-2-4-10-26/h5-8,15H,1-4,9-14H2. The molecule has 0 N–H and O–H groups in total. The molecule has 2 aliphatic rings. The SMILES string of the molecule is O=C(c1ccc2nsnc2c1)N1CCN(c2ccc(N3CCCCCC3)nn2)CC1. The predicted molar refractivity (Wildman–Crippen MR) is 118 cm³/mol. The van der Waals surface area contributed by atoms with E-state index >= 15 is 0 Å². The zero-order valence-electron chi connectivity index (χ0n) is 16.9. The molecule has 1 aromatic carbocycles. The summed E-state index contributed by atoms with van der Waals surface area (Å²) in [5.41, 5.74) is 2.29. The molecule has 4 heterocycles.